The van der Waals surface area contributed by atoms with E-state index in [-0.39, 0.29) is 12.3 Å². The molecule has 0 atom stereocenters. The largest absolute Gasteiger partial charge is 0.489 e. The van der Waals surface area contributed by atoms with Crippen molar-refractivity contribution in [2.24, 2.45) is 5.73 Å². The molecule has 0 heterocycles. The number of hydrogen-bond donors (Lipinski definition) is 1. The molecule has 92 valence electrons. The van der Waals surface area contributed by atoms with Gasteiger partial charge in [-0.2, -0.15) is 0 Å². The third kappa shape index (κ3) is 3.18. The van der Waals surface area contributed by atoms with Crippen LogP contribution in [0.4, 0.5) is 0 Å². The maximum atomic E-state index is 11.3. The summed E-state index contributed by atoms with van der Waals surface area (Å²) in [7, 11) is 0. The second kappa shape index (κ2) is 5.98. The number of hydrogen-bond acceptors (Lipinski definition) is 3. The van der Waals surface area contributed by atoms with Crippen LogP contribution >= 0.6 is 0 Å². The van der Waals surface area contributed by atoms with Gasteiger partial charge in [-0.1, -0.05) is 30.3 Å². The lowest BCUT2D eigenvalue weighted by Gasteiger charge is -2.06. The van der Waals surface area contributed by atoms with Crippen molar-refractivity contribution < 1.29 is 9.53 Å². The standard InChI is InChI=1S/C15H15NO2/c16-10-15(17)13-6-8-14(9-7-13)18-11-12-4-2-1-3-5-12/h1-9H,10-11,16H2. The number of rotatable bonds is 5. The number of nitrogens with two attached hydrogens (primary N) is 1. The number of carbonyl (C=O) groups excluding carboxylic acids is 1. The summed E-state index contributed by atoms with van der Waals surface area (Å²) < 4.78 is 5.62. The zero-order chi connectivity index (χ0) is 12.8. The third-order valence-electron chi connectivity index (χ3n) is 2.61. The molecule has 0 saturated carbocycles. The SMILES string of the molecule is NCC(=O)c1ccc(OCc2ccccc2)cc1. The minimum absolute atomic E-state index is 0.0320. The quantitative estimate of drug-likeness (QED) is 0.818. The highest BCUT2D eigenvalue weighted by Gasteiger charge is 2.03. The summed E-state index contributed by atoms with van der Waals surface area (Å²) in [4.78, 5) is 11.3. The summed E-state index contributed by atoms with van der Waals surface area (Å²) in [6.45, 7) is 0.551. The molecule has 0 unspecified atom stereocenters. The van der Waals surface area contributed by atoms with Crippen molar-refractivity contribution in [3.63, 3.8) is 0 Å². The van der Waals surface area contributed by atoms with E-state index < -0.39 is 0 Å². The molecule has 0 aliphatic heterocycles. The lowest BCUT2D eigenvalue weighted by Crippen LogP contribution is -2.13. The van der Waals surface area contributed by atoms with E-state index in [1.165, 1.54) is 0 Å². The number of carbonyl (C=O) groups is 1. The van der Waals surface area contributed by atoms with Crippen molar-refractivity contribution >= 4 is 5.78 Å². The van der Waals surface area contributed by atoms with Crippen LogP contribution in [0.15, 0.2) is 54.6 Å². The summed E-state index contributed by atoms with van der Waals surface area (Å²) in [5.74, 6) is 0.678. The van der Waals surface area contributed by atoms with Gasteiger partial charge in [0.2, 0.25) is 0 Å². The molecule has 2 aromatic carbocycles. The first kappa shape index (κ1) is 12.3. The highest BCUT2D eigenvalue weighted by atomic mass is 16.5. The first-order chi connectivity index (χ1) is 8.79. The van der Waals surface area contributed by atoms with Crippen LogP contribution in [0.2, 0.25) is 0 Å². The van der Waals surface area contributed by atoms with E-state index >= 15 is 0 Å². The molecule has 0 fully saturated rings. The lowest BCUT2D eigenvalue weighted by atomic mass is 10.1. The second-order valence-electron chi connectivity index (χ2n) is 3.93. The van der Waals surface area contributed by atoms with Gasteiger partial charge in [0, 0.05) is 5.56 Å². The fourth-order valence-electron chi connectivity index (χ4n) is 1.60. The van der Waals surface area contributed by atoms with Crippen molar-refractivity contribution in [2.75, 3.05) is 6.54 Å². The minimum atomic E-state index is -0.0652. The van der Waals surface area contributed by atoms with Crippen molar-refractivity contribution in [3.05, 3.63) is 65.7 Å². The number of ketones is 1. The smallest absolute Gasteiger partial charge is 0.176 e. The molecule has 0 saturated heterocycles. The van der Waals surface area contributed by atoms with E-state index in [2.05, 4.69) is 0 Å². The summed E-state index contributed by atoms with van der Waals surface area (Å²) in [6.07, 6.45) is 0. The van der Waals surface area contributed by atoms with Crippen molar-refractivity contribution in [2.45, 2.75) is 6.61 Å². The fraction of sp³-hybridized carbons (Fsp3) is 0.133. The van der Waals surface area contributed by atoms with Gasteiger partial charge >= 0.3 is 0 Å². The maximum Gasteiger partial charge on any atom is 0.176 e. The number of Topliss-reactive ketones (excluding diaryl/α,β-unsaturated/α-hetero) is 1. The van der Waals surface area contributed by atoms with E-state index in [0.717, 1.165) is 11.3 Å². The van der Waals surface area contributed by atoms with Crippen LogP contribution in [0.25, 0.3) is 0 Å². The van der Waals surface area contributed by atoms with E-state index in [1.807, 2.05) is 30.3 Å². The van der Waals surface area contributed by atoms with Gasteiger partial charge in [0.25, 0.3) is 0 Å². The zero-order valence-corrected chi connectivity index (χ0v) is 10.0. The number of benzene rings is 2. The molecule has 3 nitrogen and oxygen atoms in total. The van der Waals surface area contributed by atoms with Crippen molar-refractivity contribution in [1.82, 2.24) is 0 Å². The van der Waals surface area contributed by atoms with E-state index in [1.54, 1.807) is 24.3 Å². The average molecular weight is 241 g/mol. The molecule has 2 aromatic rings. The molecule has 0 radical (unpaired) electrons. The maximum absolute atomic E-state index is 11.3. The predicted octanol–water partition coefficient (Wildman–Crippen LogP) is 2.41. The number of ether oxygens (including phenoxy) is 1. The van der Waals surface area contributed by atoms with Gasteiger partial charge in [-0.05, 0) is 29.8 Å². The molecule has 0 aromatic heterocycles. The Morgan fingerprint density at radius 2 is 1.67 bits per heavy atom. The van der Waals surface area contributed by atoms with Gasteiger partial charge in [-0.15, -0.1) is 0 Å². The Kier molecular flexibility index (Phi) is 4.10. The van der Waals surface area contributed by atoms with Crippen LogP contribution < -0.4 is 10.5 Å². The van der Waals surface area contributed by atoms with Gasteiger partial charge in [0.15, 0.2) is 5.78 Å². The Morgan fingerprint density at radius 3 is 2.28 bits per heavy atom. The van der Waals surface area contributed by atoms with Gasteiger partial charge in [0.1, 0.15) is 12.4 Å². The molecule has 2 N–H and O–H groups in total. The van der Waals surface area contributed by atoms with Crippen molar-refractivity contribution in [3.8, 4) is 5.75 Å². The second-order valence-corrected chi connectivity index (χ2v) is 3.93. The van der Waals surface area contributed by atoms with Crippen LogP contribution in [0, 0.1) is 0 Å². The van der Waals surface area contributed by atoms with E-state index in [0.29, 0.717) is 12.2 Å². The third-order valence-corrected chi connectivity index (χ3v) is 2.61. The highest BCUT2D eigenvalue weighted by Crippen LogP contribution is 2.14. The Labute approximate surface area is 106 Å². The van der Waals surface area contributed by atoms with Gasteiger partial charge < -0.3 is 10.5 Å². The van der Waals surface area contributed by atoms with Gasteiger partial charge in [0.05, 0.1) is 6.54 Å². The molecule has 2 rings (SSSR count). The summed E-state index contributed by atoms with van der Waals surface area (Å²) in [5, 5.41) is 0. The Hall–Kier alpha value is -2.13. The molecular formula is C15H15NO2. The minimum Gasteiger partial charge on any atom is -0.489 e. The van der Waals surface area contributed by atoms with Crippen LogP contribution in [-0.2, 0) is 6.61 Å². The topological polar surface area (TPSA) is 52.3 Å². The van der Waals surface area contributed by atoms with Crippen LogP contribution in [0.1, 0.15) is 15.9 Å². The summed E-state index contributed by atoms with van der Waals surface area (Å²) in [6, 6.07) is 17.0. The first-order valence-electron chi connectivity index (χ1n) is 5.79. The molecule has 0 bridgehead atoms. The summed E-state index contributed by atoms with van der Waals surface area (Å²) >= 11 is 0. The van der Waals surface area contributed by atoms with Crippen LogP contribution in [-0.4, -0.2) is 12.3 Å². The Morgan fingerprint density at radius 1 is 1.00 bits per heavy atom. The highest BCUT2D eigenvalue weighted by molar-refractivity contribution is 5.97. The van der Waals surface area contributed by atoms with E-state index in [9.17, 15) is 4.79 Å². The van der Waals surface area contributed by atoms with Crippen LogP contribution in [0.3, 0.4) is 0 Å². The molecule has 3 heteroatoms. The Balaban J connectivity index is 1.97. The molecule has 0 aliphatic carbocycles. The average Bonchev–Trinajstić information content (AvgIpc) is 2.46. The lowest BCUT2D eigenvalue weighted by molar-refractivity contribution is 0.100. The molecular weight excluding hydrogens is 226 g/mol. The normalized spacial score (nSPS) is 10.1. The monoisotopic (exact) mass is 241 g/mol. The van der Waals surface area contributed by atoms with Crippen LogP contribution in [0.5, 0.6) is 5.75 Å². The van der Waals surface area contributed by atoms with Gasteiger partial charge in [-0.25, -0.2) is 0 Å². The molecule has 0 aliphatic rings. The molecule has 0 spiro atoms. The first-order valence-corrected chi connectivity index (χ1v) is 5.79. The predicted molar refractivity (Wildman–Crippen MR) is 70.6 cm³/mol. The molecule has 18 heavy (non-hydrogen) atoms. The van der Waals surface area contributed by atoms with E-state index in [4.69, 9.17) is 10.5 Å². The molecule has 0 amide bonds. The Bertz CT molecular complexity index is 506. The summed E-state index contributed by atoms with van der Waals surface area (Å²) in [5.41, 5.74) is 7.02. The fourth-order valence-corrected chi connectivity index (χ4v) is 1.60. The zero-order valence-electron chi connectivity index (χ0n) is 10.0. The van der Waals surface area contributed by atoms with Gasteiger partial charge in [-0.3, -0.25) is 4.79 Å². The van der Waals surface area contributed by atoms with Crippen molar-refractivity contribution in [1.29, 1.82) is 0 Å².